The van der Waals surface area contributed by atoms with Crippen molar-refractivity contribution >= 4 is 56.8 Å². The summed E-state index contributed by atoms with van der Waals surface area (Å²) in [6, 6.07) is 16.7. The number of fused-ring (bicyclic) bond motifs is 1. The molecule has 2 heterocycles. The minimum absolute atomic E-state index is 0.200. The van der Waals surface area contributed by atoms with Gasteiger partial charge in [-0.15, -0.1) is 0 Å². The van der Waals surface area contributed by atoms with E-state index in [9.17, 15) is 4.79 Å². The summed E-state index contributed by atoms with van der Waals surface area (Å²) in [5.74, 6) is 1.36. The molecule has 5 heteroatoms. The molecule has 0 spiro atoms. The second-order valence-corrected chi connectivity index (χ2v) is 12.0. The molecule has 1 saturated carbocycles. The van der Waals surface area contributed by atoms with Crippen LogP contribution in [0.15, 0.2) is 42.5 Å². The Bertz CT molecular complexity index is 1020. The number of alkyl halides is 2. The predicted molar refractivity (Wildman–Crippen MR) is 154 cm³/mol. The normalized spacial score (nSPS) is 31.5. The quantitative estimate of drug-likeness (QED) is 0.276. The van der Waals surface area contributed by atoms with Gasteiger partial charge in [0.1, 0.15) is 0 Å². The molecule has 176 valence electrons. The van der Waals surface area contributed by atoms with Crippen LogP contribution in [0.4, 0.5) is 5.69 Å². The van der Waals surface area contributed by atoms with Gasteiger partial charge >= 0.3 is 0 Å². The van der Waals surface area contributed by atoms with Crippen LogP contribution in [-0.4, -0.2) is 25.0 Å². The molecule has 3 aliphatic rings. The number of carbonyl (C=O) groups is 1. The van der Waals surface area contributed by atoms with Gasteiger partial charge < -0.3 is 10.2 Å². The van der Waals surface area contributed by atoms with Crippen LogP contribution in [0.25, 0.3) is 0 Å². The number of anilines is 1. The fraction of sp³-hybridized carbons (Fsp3) is 0.536. The van der Waals surface area contributed by atoms with Gasteiger partial charge in [-0.25, -0.2) is 0 Å². The first-order chi connectivity index (χ1) is 16.0. The third-order valence-corrected chi connectivity index (χ3v) is 10.3. The van der Waals surface area contributed by atoms with Crippen molar-refractivity contribution in [2.45, 2.75) is 66.3 Å². The number of hydrogen-bond acceptors (Lipinski definition) is 2. The van der Waals surface area contributed by atoms with E-state index in [1.165, 1.54) is 53.9 Å². The number of hydrogen-bond donors (Lipinski definition) is 1. The van der Waals surface area contributed by atoms with Gasteiger partial charge in [0.25, 0.3) is 0 Å². The zero-order valence-electron chi connectivity index (χ0n) is 19.6. The van der Waals surface area contributed by atoms with E-state index in [1.54, 1.807) is 0 Å². The molecule has 0 bridgehead atoms. The topological polar surface area (TPSA) is 32.3 Å². The standard InChI is InChI=1S/C28H34I2N2O/c1-18-26-25(20-7-5-19(16-29)6-8-20)24(11-12-28(26,2)27(33)31-18)23-10-9-22(15-21(23)17-30)32-13-3-4-14-32/h5-10,15,18,24-26H,3-4,11-14,16-17H2,1-2H3,(H,31,33)/t18-,24+,25+,26+,28-/m1/s1. The van der Waals surface area contributed by atoms with Crippen molar-refractivity contribution in [2.24, 2.45) is 11.3 Å². The van der Waals surface area contributed by atoms with E-state index in [0.29, 0.717) is 17.8 Å². The Labute approximate surface area is 225 Å². The number of carbonyl (C=O) groups excluding carboxylic acids is 1. The van der Waals surface area contributed by atoms with Crippen LogP contribution in [0, 0.1) is 11.3 Å². The molecule has 0 unspecified atom stereocenters. The molecule has 2 aliphatic heterocycles. The largest absolute Gasteiger partial charge is 0.372 e. The molecular weight excluding hydrogens is 634 g/mol. The molecule has 2 saturated heterocycles. The van der Waals surface area contributed by atoms with Crippen molar-refractivity contribution in [3.63, 3.8) is 0 Å². The van der Waals surface area contributed by atoms with Crippen LogP contribution in [0.1, 0.15) is 73.6 Å². The molecule has 3 fully saturated rings. The van der Waals surface area contributed by atoms with E-state index in [2.05, 4.69) is 112 Å². The van der Waals surface area contributed by atoms with E-state index in [1.807, 2.05) is 0 Å². The zero-order chi connectivity index (χ0) is 23.2. The van der Waals surface area contributed by atoms with Gasteiger partial charge in [0.2, 0.25) is 5.91 Å². The first-order valence-corrected chi connectivity index (χ1v) is 15.4. The summed E-state index contributed by atoms with van der Waals surface area (Å²) < 4.78 is 2.06. The Kier molecular flexibility index (Phi) is 7.00. The maximum atomic E-state index is 13.1. The summed E-state index contributed by atoms with van der Waals surface area (Å²) >= 11 is 4.98. The van der Waals surface area contributed by atoms with E-state index in [-0.39, 0.29) is 17.4 Å². The molecule has 5 atom stereocenters. The number of amides is 1. The van der Waals surface area contributed by atoms with E-state index in [0.717, 1.165) is 21.7 Å². The minimum atomic E-state index is -0.275. The van der Waals surface area contributed by atoms with Crippen molar-refractivity contribution in [2.75, 3.05) is 18.0 Å². The lowest BCUT2D eigenvalue weighted by Crippen LogP contribution is -2.42. The Balaban J connectivity index is 1.58. The van der Waals surface area contributed by atoms with Crippen LogP contribution in [0.3, 0.4) is 0 Å². The Morgan fingerprint density at radius 1 is 1.06 bits per heavy atom. The van der Waals surface area contributed by atoms with Gasteiger partial charge in [-0.1, -0.05) is 82.4 Å². The second kappa shape index (κ2) is 9.67. The smallest absolute Gasteiger partial charge is 0.226 e. The highest BCUT2D eigenvalue weighted by Crippen LogP contribution is 2.59. The zero-order valence-corrected chi connectivity index (χ0v) is 23.9. The predicted octanol–water partition coefficient (Wildman–Crippen LogP) is 6.96. The lowest BCUT2D eigenvalue weighted by molar-refractivity contribution is -0.129. The van der Waals surface area contributed by atoms with Gasteiger partial charge in [0, 0.05) is 39.6 Å². The highest BCUT2D eigenvalue weighted by molar-refractivity contribution is 14.1. The van der Waals surface area contributed by atoms with E-state index in [4.69, 9.17) is 0 Å². The minimum Gasteiger partial charge on any atom is -0.372 e. The van der Waals surface area contributed by atoms with Gasteiger partial charge in [-0.2, -0.15) is 0 Å². The molecule has 0 aromatic heterocycles. The van der Waals surface area contributed by atoms with Gasteiger partial charge in [-0.05, 0) is 78.8 Å². The average molecular weight is 668 g/mol. The molecule has 2 aromatic rings. The number of halogens is 2. The summed E-state index contributed by atoms with van der Waals surface area (Å²) in [6.45, 7) is 6.80. The summed E-state index contributed by atoms with van der Waals surface area (Å²) in [6.07, 6.45) is 4.64. The van der Waals surface area contributed by atoms with Crippen LogP contribution in [0.5, 0.6) is 0 Å². The SMILES string of the molecule is C[C@H]1NC(=O)[C@]2(C)CC[C@@H](c3ccc(N4CCCC4)cc3CI)[C@H](c3ccc(CI)cc3)[C@H]12. The van der Waals surface area contributed by atoms with Crippen molar-refractivity contribution < 1.29 is 4.79 Å². The number of rotatable bonds is 5. The van der Waals surface area contributed by atoms with Crippen LogP contribution >= 0.6 is 45.2 Å². The van der Waals surface area contributed by atoms with Crippen molar-refractivity contribution in [3.05, 3.63) is 64.7 Å². The maximum Gasteiger partial charge on any atom is 0.226 e. The first-order valence-electron chi connectivity index (χ1n) is 12.4. The Morgan fingerprint density at radius 3 is 2.45 bits per heavy atom. The average Bonchev–Trinajstić information content (AvgIpc) is 3.45. The summed E-state index contributed by atoms with van der Waals surface area (Å²) in [5.41, 5.74) is 6.86. The van der Waals surface area contributed by atoms with Crippen molar-refractivity contribution in [1.29, 1.82) is 0 Å². The highest BCUT2D eigenvalue weighted by Gasteiger charge is 2.57. The first kappa shape index (κ1) is 23.9. The number of nitrogens with zero attached hydrogens (tertiary/aromatic N) is 1. The number of benzene rings is 2. The molecule has 1 aliphatic carbocycles. The molecule has 5 rings (SSSR count). The second-order valence-electron chi connectivity index (χ2n) is 10.5. The summed E-state index contributed by atoms with van der Waals surface area (Å²) in [4.78, 5) is 15.6. The molecule has 0 radical (unpaired) electrons. The van der Waals surface area contributed by atoms with Gasteiger partial charge in [0.05, 0.1) is 5.41 Å². The Morgan fingerprint density at radius 2 is 1.79 bits per heavy atom. The van der Waals surface area contributed by atoms with E-state index < -0.39 is 0 Å². The lowest BCUT2D eigenvalue weighted by atomic mass is 9.55. The monoisotopic (exact) mass is 668 g/mol. The molecule has 2 aromatic carbocycles. The van der Waals surface area contributed by atoms with Gasteiger partial charge in [0.15, 0.2) is 0 Å². The van der Waals surface area contributed by atoms with Crippen molar-refractivity contribution in [1.82, 2.24) is 5.32 Å². The highest BCUT2D eigenvalue weighted by atomic mass is 127. The van der Waals surface area contributed by atoms with Crippen LogP contribution in [-0.2, 0) is 13.6 Å². The van der Waals surface area contributed by atoms with Crippen LogP contribution in [0.2, 0.25) is 0 Å². The third kappa shape index (κ3) is 4.23. The van der Waals surface area contributed by atoms with Gasteiger partial charge in [-0.3, -0.25) is 4.79 Å². The maximum absolute atomic E-state index is 13.1. The summed E-state index contributed by atoms with van der Waals surface area (Å²) in [7, 11) is 0. The number of nitrogens with one attached hydrogen (secondary N) is 1. The van der Waals surface area contributed by atoms with Crippen molar-refractivity contribution in [3.8, 4) is 0 Å². The molecular formula is C28H34I2N2O. The molecule has 33 heavy (non-hydrogen) atoms. The molecule has 3 nitrogen and oxygen atoms in total. The lowest BCUT2D eigenvalue weighted by Gasteiger charge is -2.46. The molecule has 1 N–H and O–H groups in total. The Hall–Kier alpha value is -0.830. The molecule has 1 amide bonds. The van der Waals surface area contributed by atoms with E-state index >= 15 is 0 Å². The third-order valence-electron chi connectivity index (χ3n) is 8.61. The fourth-order valence-electron chi connectivity index (χ4n) is 6.90. The fourth-order valence-corrected chi connectivity index (χ4v) is 8.07. The van der Waals surface area contributed by atoms with Crippen LogP contribution < -0.4 is 10.2 Å². The summed E-state index contributed by atoms with van der Waals surface area (Å²) in [5, 5.41) is 3.32.